The zero-order valence-electron chi connectivity index (χ0n) is 20.2. The van der Waals surface area contributed by atoms with Gasteiger partial charge < -0.3 is 14.2 Å². The summed E-state index contributed by atoms with van der Waals surface area (Å²) >= 11 is 6.17. The number of benzene rings is 3. The third kappa shape index (κ3) is 4.92. The van der Waals surface area contributed by atoms with Gasteiger partial charge in [0.15, 0.2) is 0 Å². The fourth-order valence-electron chi connectivity index (χ4n) is 4.80. The summed E-state index contributed by atoms with van der Waals surface area (Å²) in [6.45, 7) is 6.21. The van der Waals surface area contributed by atoms with E-state index in [2.05, 4.69) is 36.6 Å². The van der Waals surface area contributed by atoms with Gasteiger partial charge >= 0.3 is 0 Å². The van der Waals surface area contributed by atoms with Crippen LogP contribution in [-0.4, -0.2) is 28.6 Å². The highest BCUT2D eigenvalue weighted by Crippen LogP contribution is 2.34. The highest BCUT2D eigenvalue weighted by molar-refractivity contribution is 6.30. The zero-order chi connectivity index (χ0) is 24.4. The Balaban J connectivity index is 1.35. The minimum Gasteiger partial charge on any atom is -0.492 e. The largest absolute Gasteiger partial charge is 0.492 e. The molecule has 180 valence electrons. The number of hydrogen-bond acceptors (Lipinski definition) is 3. The monoisotopic (exact) mass is 487 g/mol. The second-order valence-electron chi connectivity index (χ2n) is 9.22. The topological polar surface area (TPSA) is 47.4 Å². The number of rotatable bonds is 8. The molecule has 5 rings (SSSR count). The van der Waals surface area contributed by atoms with E-state index in [1.54, 1.807) is 0 Å². The lowest BCUT2D eigenvalue weighted by atomic mass is 9.99. The van der Waals surface area contributed by atoms with Crippen molar-refractivity contribution in [3.8, 4) is 5.75 Å². The molecule has 1 aliphatic rings. The summed E-state index contributed by atoms with van der Waals surface area (Å²) in [5.41, 5.74) is 4.16. The van der Waals surface area contributed by atoms with Gasteiger partial charge in [-0.3, -0.25) is 4.79 Å². The second-order valence-corrected chi connectivity index (χ2v) is 9.66. The van der Waals surface area contributed by atoms with Crippen LogP contribution in [0.3, 0.4) is 0 Å². The van der Waals surface area contributed by atoms with Gasteiger partial charge in [-0.25, -0.2) is 4.98 Å². The maximum atomic E-state index is 12.9. The summed E-state index contributed by atoms with van der Waals surface area (Å²) in [6, 6.07) is 24.0. The molecule has 3 aromatic carbocycles. The molecule has 1 aromatic heterocycles. The van der Waals surface area contributed by atoms with Gasteiger partial charge in [0.25, 0.3) is 0 Å². The lowest BCUT2D eigenvalue weighted by Gasteiger charge is -2.18. The van der Waals surface area contributed by atoms with Crippen LogP contribution >= 0.6 is 11.6 Å². The van der Waals surface area contributed by atoms with E-state index >= 15 is 0 Å². The fraction of sp³-hybridized carbons (Fsp3) is 0.310. The molecule has 1 amide bonds. The molecule has 0 radical (unpaired) electrons. The molecular formula is C29H30ClN3O2. The lowest BCUT2D eigenvalue weighted by molar-refractivity contribution is -0.117. The number of aromatic nitrogens is 2. The molecular weight excluding hydrogens is 458 g/mol. The molecule has 0 bridgehead atoms. The van der Waals surface area contributed by atoms with Crippen LogP contribution in [0.2, 0.25) is 5.02 Å². The van der Waals surface area contributed by atoms with Gasteiger partial charge in [-0.15, -0.1) is 0 Å². The van der Waals surface area contributed by atoms with E-state index in [-0.39, 0.29) is 11.8 Å². The Kier molecular flexibility index (Phi) is 6.78. The first-order valence-electron chi connectivity index (χ1n) is 12.3. The Morgan fingerprint density at radius 3 is 2.66 bits per heavy atom. The van der Waals surface area contributed by atoms with E-state index in [0.717, 1.165) is 34.7 Å². The fourth-order valence-corrected chi connectivity index (χ4v) is 4.98. The zero-order valence-corrected chi connectivity index (χ0v) is 20.9. The number of carbonyl (C=O) groups excluding carboxylic acids is 1. The minimum absolute atomic E-state index is 0.00342. The molecule has 1 aliphatic heterocycles. The number of fused-ring (bicyclic) bond motifs is 1. The smallest absolute Gasteiger partial charge is 0.227 e. The van der Waals surface area contributed by atoms with E-state index in [1.165, 1.54) is 5.56 Å². The highest BCUT2D eigenvalue weighted by Gasteiger charge is 2.34. The Morgan fingerprint density at radius 1 is 1.09 bits per heavy atom. The Hall–Kier alpha value is -3.31. The number of ether oxygens (including phenoxy) is 1. The van der Waals surface area contributed by atoms with Gasteiger partial charge in [0.2, 0.25) is 5.91 Å². The summed E-state index contributed by atoms with van der Waals surface area (Å²) in [7, 11) is 0. The molecule has 5 nitrogen and oxygen atoms in total. The molecule has 0 N–H and O–H groups in total. The van der Waals surface area contributed by atoms with E-state index in [4.69, 9.17) is 21.3 Å². The number of amides is 1. The molecule has 1 fully saturated rings. The average molecular weight is 488 g/mol. The van der Waals surface area contributed by atoms with E-state index in [1.807, 2.05) is 59.5 Å². The quantitative estimate of drug-likeness (QED) is 0.274. The molecule has 0 aliphatic carbocycles. The van der Waals surface area contributed by atoms with E-state index < -0.39 is 0 Å². The van der Waals surface area contributed by atoms with Crippen LogP contribution in [0.1, 0.15) is 49.9 Å². The number of halogens is 1. The number of nitrogens with zero attached hydrogens (tertiary/aromatic N) is 3. The second kappa shape index (κ2) is 10.1. The number of carbonyl (C=O) groups is 1. The maximum absolute atomic E-state index is 12.9. The summed E-state index contributed by atoms with van der Waals surface area (Å²) < 4.78 is 8.31. The van der Waals surface area contributed by atoms with Crippen LogP contribution in [0.15, 0.2) is 72.8 Å². The van der Waals surface area contributed by atoms with Crippen LogP contribution in [0.5, 0.6) is 5.75 Å². The molecule has 4 aromatic rings. The van der Waals surface area contributed by atoms with Crippen molar-refractivity contribution in [2.24, 2.45) is 0 Å². The normalized spacial score (nSPS) is 16.7. The lowest BCUT2D eigenvalue weighted by Crippen LogP contribution is -2.24. The first-order chi connectivity index (χ1) is 17.0. The molecule has 2 heterocycles. The van der Waals surface area contributed by atoms with Crippen molar-refractivity contribution < 1.29 is 9.53 Å². The summed E-state index contributed by atoms with van der Waals surface area (Å²) in [5, 5.41) is 0.625. The van der Waals surface area contributed by atoms with Crippen molar-refractivity contribution in [1.82, 2.24) is 9.55 Å². The van der Waals surface area contributed by atoms with Crippen LogP contribution < -0.4 is 9.64 Å². The average Bonchev–Trinajstić information content (AvgIpc) is 3.44. The summed E-state index contributed by atoms with van der Waals surface area (Å²) in [5.74, 6) is 2.44. The van der Waals surface area contributed by atoms with Gasteiger partial charge in [-0.05, 0) is 60.4 Å². The Morgan fingerprint density at radius 2 is 1.89 bits per heavy atom. The first-order valence-corrected chi connectivity index (χ1v) is 12.6. The van der Waals surface area contributed by atoms with Crippen LogP contribution in [0.4, 0.5) is 5.69 Å². The van der Waals surface area contributed by atoms with Gasteiger partial charge in [-0.2, -0.15) is 0 Å². The predicted molar refractivity (Wildman–Crippen MR) is 142 cm³/mol. The van der Waals surface area contributed by atoms with Crippen molar-refractivity contribution in [2.45, 2.75) is 45.1 Å². The molecule has 0 saturated carbocycles. The predicted octanol–water partition coefficient (Wildman–Crippen LogP) is 6.80. The third-order valence-corrected chi connectivity index (χ3v) is 7.17. The number of imidazole rings is 1. The van der Waals surface area contributed by atoms with Crippen molar-refractivity contribution in [2.75, 3.05) is 18.1 Å². The number of para-hydroxylation sites is 2. The summed E-state index contributed by atoms with van der Waals surface area (Å²) in [6.07, 6.45) is 1.54. The molecule has 0 spiro atoms. The summed E-state index contributed by atoms with van der Waals surface area (Å²) in [4.78, 5) is 19.7. The number of hydrogen-bond donors (Lipinski definition) is 0. The molecule has 2 atom stereocenters. The first kappa shape index (κ1) is 23.4. The Bertz CT molecular complexity index is 1330. The molecule has 0 unspecified atom stereocenters. The van der Waals surface area contributed by atoms with Gasteiger partial charge in [0.05, 0.1) is 17.6 Å². The van der Waals surface area contributed by atoms with Crippen LogP contribution in [0.25, 0.3) is 11.0 Å². The third-order valence-electron chi connectivity index (χ3n) is 6.94. The number of anilines is 1. The standard InChI is InChI=1S/C29H30ClN3O2/c1-3-20(2)21-11-13-25(14-12-21)35-16-15-32-27-10-5-4-9-26(27)31-29(32)22-17-28(34)33(19-22)24-8-6-7-23(30)18-24/h4-14,18,20,22H,3,15-17,19H2,1-2H3/t20-,22-/m1/s1. The van der Waals surface area contributed by atoms with Crippen LogP contribution in [0, 0.1) is 0 Å². The van der Waals surface area contributed by atoms with Crippen molar-refractivity contribution in [3.63, 3.8) is 0 Å². The maximum Gasteiger partial charge on any atom is 0.227 e. The van der Waals surface area contributed by atoms with Gasteiger partial charge in [-0.1, -0.05) is 55.8 Å². The van der Waals surface area contributed by atoms with Crippen molar-refractivity contribution in [3.05, 3.63) is 89.2 Å². The molecule has 6 heteroatoms. The molecule has 35 heavy (non-hydrogen) atoms. The van der Waals surface area contributed by atoms with Crippen molar-refractivity contribution >= 4 is 34.2 Å². The van der Waals surface area contributed by atoms with Gasteiger partial charge in [0, 0.05) is 29.6 Å². The highest BCUT2D eigenvalue weighted by atomic mass is 35.5. The molecule has 1 saturated heterocycles. The van der Waals surface area contributed by atoms with Gasteiger partial charge in [0.1, 0.15) is 18.2 Å². The Labute approximate surface area is 211 Å². The van der Waals surface area contributed by atoms with E-state index in [0.29, 0.717) is 37.1 Å². The SMILES string of the molecule is CC[C@@H](C)c1ccc(OCCn2c([C@@H]3CC(=O)N(c4cccc(Cl)c4)C3)nc3ccccc32)cc1. The minimum atomic E-state index is 0.00342. The van der Waals surface area contributed by atoms with E-state index in [9.17, 15) is 4.79 Å². The van der Waals surface area contributed by atoms with Crippen LogP contribution in [-0.2, 0) is 11.3 Å². The van der Waals surface area contributed by atoms with Crippen molar-refractivity contribution in [1.29, 1.82) is 0 Å².